The van der Waals surface area contributed by atoms with Gasteiger partial charge in [0.25, 0.3) is 0 Å². The summed E-state index contributed by atoms with van der Waals surface area (Å²) in [5.41, 5.74) is 0. The highest BCUT2D eigenvalue weighted by atomic mass is 16.2. The maximum absolute atomic E-state index is 12.7. The first-order valence-corrected chi connectivity index (χ1v) is 11.4. The van der Waals surface area contributed by atoms with E-state index in [1.54, 1.807) is 7.05 Å². The smallest absolute Gasteiger partial charge is 0.237 e. The van der Waals surface area contributed by atoms with E-state index in [9.17, 15) is 9.59 Å². The molecule has 2 amide bonds. The second-order valence-electron chi connectivity index (χ2n) is 7.78. The predicted molar refractivity (Wildman–Crippen MR) is 125 cm³/mol. The molecule has 9 heteroatoms. The quantitative estimate of drug-likeness (QED) is 0.126. The van der Waals surface area contributed by atoms with E-state index in [4.69, 9.17) is 0 Å². The van der Waals surface area contributed by atoms with Crippen molar-refractivity contribution in [2.45, 2.75) is 63.1 Å². The summed E-state index contributed by atoms with van der Waals surface area (Å²) in [6, 6.07) is -0.155. The topological polar surface area (TPSA) is 118 Å². The molecule has 0 aromatic carbocycles. The van der Waals surface area contributed by atoms with Crippen molar-refractivity contribution in [3.63, 3.8) is 0 Å². The number of carbonyl (C=O) groups is 2. The minimum atomic E-state index is -0.242. The summed E-state index contributed by atoms with van der Waals surface area (Å²) in [5.74, 6) is -0.0501. The maximum Gasteiger partial charge on any atom is 0.237 e. The fourth-order valence-corrected chi connectivity index (χ4v) is 3.35. The highest BCUT2D eigenvalue weighted by Crippen LogP contribution is 2.05. The number of nitrogens with one attached hydrogen (secondary N) is 7. The predicted octanol–water partition coefficient (Wildman–Crippen LogP) is -0.848. The molecule has 0 rings (SSSR count). The van der Waals surface area contributed by atoms with Gasteiger partial charge in [0, 0.05) is 25.0 Å². The molecular weight excluding hydrogens is 382 g/mol. The molecule has 0 fully saturated rings. The van der Waals surface area contributed by atoms with Crippen molar-refractivity contribution in [1.29, 1.82) is 0 Å². The summed E-state index contributed by atoms with van der Waals surface area (Å²) in [4.78, 5) is 25.2. The third kappa shape index (κ3) is 14.7. The second-order valence-corrected chi connectivity index (χ2v) is 7.78. The molecule has 178 valence electrons. The van der Waals surface area contributed by atoms with Gasteiger partial charge >= 0.3 is 0 Å². The van der Waals surface area contributed by atoms with Gasteiger partial charge in [0.15, 0.2) is 0 Å². The zero-order valence-electron chi connectivity index (χ0n) is 19.8. The minimum Gasteiger partial charge on any atom is -0.354 e. The lowest BCUT2D eigenvalue weighted by molar-refractivity contribution is -0.125. The fraction of sp³-hybridized carbons (Fsp3) is 0.905. The molecule has 0 unspecified atom stereocenters. The molecule has 30 heavy (non-hydrogen) atoms. The first-order valence-electron chi connectivity index (χ1n) is 11.4. The van der Waals surface area contributed by atoms with Gasteiger partial charge in [0.2, 0.25) is 11.8 Å². The Bertz CT molecular complexity index is 438. The Morgan fingerprint density at radius 1 is 0.700 bits per heavy atom. The molecule has 0 aromatic rings. The standard InChI is InChI=1S/C21H47N7O2/c1-22-12-6-9-17(28-21(30)19(26-5)11-8-14-24-3)15-20(29)27-16-18(25-4)10-7-13-23-2/h17-19,22-26H,6-16H2,1-5H3,(H,27,29)(H,28,30)/t17-,18-,19-/m0/s1. The number of carbonyl (C=O) groups excluding carboxylic acids is 2. The number of likely N-dealkylation sites (N-methyl/N-ethyl adjacent to an activating group) is 2. The van der Waals surface area contributed by atoms with E-state index in [-0.39, 0.29) is 29.9 Å². The van der Waals surface area contributed by atoms with Crippen molar-refractivity contribution >= 4 is 11.8 Å². The van der Waals surface area contributed by atoms with Crippen molar-refractivity contribution < 1.29 is 9.59 Å². The first kappa shape index (κ1) is 28.7. The van der Waals surface area contributed by atoms with Crippen molar-refractivity contribution in [2.75, 3.05) is 61.4 Å². The van der Waals surface area contributed by atoms with E-state index in [1.165, 1.54) is 0 Å². The van der Waals surface area contributed by atoms with Gasteiger partial charge in [0.05, 0.1) is 6.04 Å². The van der Waals surface area contributed by atoms with Crippen LogP contribution in [0.1, 0.15) is 44.9 Å². The van der Waals surface area contributed by atoms with Crippen molar-refractivity contribution in [3.05, 3.63) is 0 Å². The fourth-order valence-electron chi connectivity index (χ4n) is 3.35. The van der Waals surface area contributed by atoms with E-state index in [1.807, 2.05) is 28.2 Å². The van der Waals surface area contributed by atoms with Crippen LogP contribution in [0.15, 0.2) is 0 Å². The van der Waals surface area contributed by atoms with Gasteiger partial charge in [-0.05, 0) is 93.4 Å². The molecule has 0 aliphatic heterocycles. The third-order valence-electron chi connectivity index (χ3n) is 5.28. The second kappa shape index (κ2) is 19.7. The highest BCUT2D eigenvalue weighted by Gasteiger charge is 2.21. The van der Waals surface area contributed by atoms with E-state index < -0.39 is 0 Å². The van der Waals surface area contributed by atoms with Gasteiger partial charge < -0.3 is 37.2 Å². The number of hydrogen-bond donors (Lipinski definition) is 7. The average molecular weight is 430 g/mol. The van der Waals surface area contributed by atoms with Crippen LogP contribution in [0.2, 0.25) is 0 Å². The van der Waals surface area contributed by atoms with Crippen molar-refractivity contribution in [3.8, 4) is 0 Å². The van der Waals surface area contributed by atoms with Crippen LogP contribution >= 0.6 is 0 Å². The van der Waals surface area contributed by atoms with Crippen LogP contribution in [0, 0.1) is 0 Å². The SMILES string of the molecule is CNCCC[C@@H](CNC(=O)C[C@H](CCCNC)NC(=O)[C@H](CCCNC)NC)NC. The summed E-state index contributed by atoms with van der Waals surface area (Å²) in [6.07, 6.45) is 5.70. The molecule has 0 aliphatic carbocycles. The van der Waals surface area contributed by atoms with Crippen molar-refractivity contribution in [1.82, 2.24) is 37.2 Å². The van der Waals surface area contributed by atoms with Crippen LogP contribution in [0.5, 0.6) is 0 Å². The van der Waals surface area contributed by atoms with Crippen LogP contribution in [0.3, 0.4) is 0 Å². The molecule has 0 bridgehead atoms. The van der Waals surface area contributed by atoms with Gasteiger partial charge in [-0.25, -0.2) is 0 Å². The molecule has 0 radical (unpaired) electrons. The molecule has 0 heterocycles. The number of hydrogen-bond acceptors (Lipinski definition) is 7. The molecule has 0 aliphatic rings. The molecule has 0 aromatic heterocycles. The average Bonchev–Trinajstić information content (AvgIpc) is 2.73. The maximum atomic E-state index is 12.7. The summed E-state index contributed by atoms with van der Waals surface area (Å²) in [6.45, 7) is 3.30. The summed E-state index contributed by atoms with van der Waals surface area (Å²) in [7, 11) is 9.48. The van der Waals surface area contributed by atoms with Crippen molar-refractivity contribution in [2.24, 2.45) is 0 Å². The minimum absolute atomic E-state index is 0.0187. The van der Waals surface area contributed by atoms with E-state index >= 15 is 0 Å². The molecule has 3 atom stereocenters. The van der Waals surface area contributed by atoms with E-state index in [0.29, 0.717) is 13.0 Å². The molecule has 7 N–H and O–H groups in total. The Labute approximate surface area is 183 Å². The zero-order valence-corrected chi connectivity index (χ0v) is 19.8. The highest BCUT2D eigenvalue weighted by molar-refractivity contribution is 5.83. The number of amides is 2. The lowest BCUT2D eigenvalue weighted by Gasteiger charge is -2.23. The monoisotopic (exact) mass is 429 g/mol. The molecular formula is C21H47N7O2. The van der Waals surface area contributed by atoms with E-state index in [2.05, 4.69) is 37.2 Å². The molecule has 0 saturated heterocycles. The lowest BCUT2D eigenvalue weighted by Crippen LogP contribution is -2.49. The van der Waals surface area contributed by atoms with Gasteiger partial charge in [0.1, 0.15) is 0 Å². The van der Waals surface area contributed by atoms with E-state index in [0.717, 1.165) is 58.2 Å². The largest absolute Gasteiger partial charge is 0.354 e. The normalized spacial score (nSPS) is 14.2. The van der Waals surface area contributed by atoms with Crippen LogP contribution in [-0.4, -0.2) is 91.4 Å². The van der Waals surface area contributed by atoms with Crippen LogP contribution in [-0.2, 0) is 9.59 Å². The Kier molecular flexibility index (Phi) is 18.9. The van der Waals surface area contributed by atoms with Crippen LogP contribution < -0.4 is 37.2 Å². The lowest BCUT2D eigenvalue weighted by atomic mass is 10.0. The first-order chi connectivity index (χ1) is 14.5. The Balaban J connectivity index is 4.63. The van der Waals surface area contributed by atoms with Crippen LogP contribution in [0.25, 0.3) is 0 Å². The Morgan fingerprint density at radius 2 is 1.23 bits per heavy atom. The number of rotatable bonds is 20. The van der Waals surface area contributed by atoms with Gasteiger partial charge in [-0.15, -0.1) is 0 Å². The van der Waals surface area contributed by atoms with Gasteiger partial charge in [-0.2, -0.15) is 0 Å². The van der Waals surface area contributed by atoms with Gasteiger partial charge in [-0.3, -0.25) is 9.59 Å². The summed E-state index contributed by atoms with van der Waals surface area (Å²) in [5, 5.41) is 21.8. The Hall–Kier alpha value is -1.26. The summed E-state index contributed by atoms with van der Waals surface area (Å²) < 4.78 is 0. The Morgan fingerprint density at radius 3 is 1.73 bits per heavy atom. The molecule has 0 saturated carbocycles. The van der Waals surface area contributed by atoms with Gasteiger partial charge in [-0.1, -0.05) is 0 Å². The van der Waals surface area contributed by atoms with Crippen LogP contribution in [0.4, 0.5) is 0 Å². The third-order valence-corrected chi connectivity index (χ3v) is 5.28. The zero-order chi connectivity index (χ0) is 22.6. The summed E-state index contributed by atoms with van der Waals surface area (Å²) >= 11 is 0. The molecule has 0 spiro atoms. The molecule has 9 nitrogen and oxygen atoms in total.